The van der Waals surface area contributed by atoms with Crippen molar-refractivity contribution in [3.8, 4) is 0 Å². The number of rotatable bonds is 7. The summed E-state index contributed by atoms with van der Waals surface area (Å²) in [7, 11) is 2.05. The average molecular weight is 324 g/mol. The third-order valence-electron chi connectivity index (χ3n) is 4.21. The third-order valence-corrected chi connectivity index (χ3v) is 4.21. The van der Waals surface area contributed by atoms with Crippen LogP contribution in [0.3, 0.4) is 0 Å². The minimum atomic E-state index is 0.0751. The maximum absolute atomic E-state index is 12.4. The van der Waals surface area contributed by atoms with Gasteiger partial charge < -0.3 is 10.2 Å². The Balaban J connectivity index is 1.90. The highest BCUT2D eigenvalue weighted by molar-refractivity contribution is 5.92. The first kappa shape index (κ1) is 18.2. The van der Waals surface area contributed by atoms with Crippen LogP contribution in [-0.2, 0) is 11.3 Å². The number of carbonyl (C=O) groups is 1. The van der Waals surface area contributed by atoms with Gasteiger partial charge in [0, 0.05) is 25.2 Å². The van der Waals surface area contributed by atoms with Gasteiger partial charge in [0.25, 0.3) is 0 Å². The largest absolute Gasteiger partial charge is 0.326 e. The molecule has 0 aromatic heterocycles. The normalized spacial score (nSPS) is 11.1. The van der Waals surface area contributed by atoms with Crippen LogP contribution in [0.5, 0.6) is 0 Å². The number of hydrogen-bond acceptors (Lipinski definition) is 2. The number of nitrogens with zero attached hydrogens (tertiary/aromatic N) is 1. The zero-order valence-electron chi connectivity index (χ0n) is 15.2. The number of carbonyl (C=O) groups excluding carboxylic acids is 1. The van der Waals surface area contributed by atoms with Gasteiger partial charge in [0.1, 0.15) is 0 Å². The van der Waals surface area contributed by atoms with Gasteiger partial charge in [-0.1, -0.05) is 62.4 Å². The standard InChI is InChI=1S/C21H28N2O/c1-16(2)19-12-8-9-17(3)21(19)22-20(24)13-14-23(4)15-18-10-6-5-7-11-18/h5-12,16H,13-15H2,1-4H3,(H,22,24). The molecule has 2 aromatic rings. The van der Waals surface area contributed by atoms with Crippen molar-refractivity contribution in [1.82, 2.24) is 4.90 Å². The average Bonchev–Trinajstić information content (AvgIpc) is 2.55. The van der Waals surface area contributed by atoms with Gasteiger partial charge in [-0.05, 0) is 36.6 Å². The van der Waals surface area contributed by atoms with E-state index in [1.165, 1.54) is 11.1 Å². The molecule has 0 bridgehead atoms. The number of amides is 1. The molecule has 0 spiro atoms. The van der Waals surface area contributed by atoms with Gasteiger partial charge in [-0.15, -0.1) is 0 Å². The molecule has 1 amide bonds. The van der Waals surface area contributed by atoms with Crippen LogP contribution in [0.4, 0.5) is 5.69 Å². The lowest BCUT2D eigenvalue weighted by molar-refractivity contribution is -0.116. The predicted molar refractivity (Wildman–Crippen MR) is 101 cm³/mol. The Hall–Kier alpha value is -2.13. The Morgan fingerprint density at radius 3 is 2.46 bits per heavy atom. The van der Waals surface area contributed by atoms with E-state index < -0.39 is 0 Å². The van der Waals surface area contributed by atoms with Crippen LogP contribution < -0.4 is 5.32 Å². The first-order valence-corrected chi connectivity index (χ1v) is 8.59. The third kappa shape index (κ3) is 5.20. The lowest BCUT2D eigenvalue weighted by atomic mass is 9.98. The molecule has 0 fully saturated rings. The van der Waals surface area contributed by atoms with Crippen LogP contribution in [-0.4, -0.2) is 24.4 Å². The smallest absolute Gasteiger partial charge is 0.225 e. The highest BCUT2D eigenvalue weighted by atomic mass is 16.1. The molecule has 3 heteroatoms. The second-order valence-electron chi connectivity index (χ2n) is 6.72. The van der Waals surface area contributed by atoms with Crippen molar-refractivity contribution in [3.63, 3.8) is 0 Å². The molecular formula is C21H28N2O. The fourth-order valence-corrected chi connectivity index (χ4v) is 2.81. The van der Waals surface area contributed by atoms with Crippen molar-refractivity contribution in [3.05, 3.63) is 65.2 Å². The lowest BCUT2D eigenvalue weighted by Gasteiger charge is -2.19. The van der Waals surface area contributed by atoms with Gasteiger partial charge >= 0.3 is 0 Å². The summed E-state index contributed by atoms with van der Waals surface area (Å²) in [5.41, 5.74) is 4.55. The van der Waals surface area contributed by atoms with E-state index in [9.17, 15) is 4.79 Å². The van der Waals surface area contributed by atoms with Gasteiger partial charge in [-0.2, -0.15) is 0 Å². The molecule has 0 saturated carbocycles. The van der Waals surface area contributed by atoms with Crippen molar-refractivity contribution >= 4 is 11.6 Å². The summed E-state index contributed by atoms with van der Waals surface area (Å²) < 4.78 is 0. The fourth-order valence-electron chi connectivity index (χ4n) is 2.81. The SMILES string of the molecule is Cc1cccc(C(C)C)c1NC(=O)CCN(C)Cc1ccccc1. The van der Waals surface area contributed by atoms with Crippen LogP contribution >= 0.6 is 0 Å². The van der Waals surface area contributed by atoms with E-state index in [0.29, 0.717) is 12.3 Å². The maximum atomic E-state index is 12.4. The molecule has 0 aliphatic rings. The van der Waals surface area contributed by atoms with Crippen molar-refractivity contribution in [2.24, 2.45) is 0 Å². The molecule has 0 atom stereocenters. The van der Waals surface area contributed by atoms with Crippen molar-refractivity contribution in [1.29, 1.82) is 0 Å². The predicted octanol–water partition coefficient (Wildman–Crippen LogP) is 4.58. The second kappa shape index (κ2) is 8.65. The monoisotopic (exact) mass is 324 g/mol. The topological polar surface area (TPSA) is 32.3 Å². The highest BCUT2D eigenvalue weighted by Gasteiger charge is 2.12. The number of aryl methyl sites for hydroxylation is 1. The fraction of sp³-hybridized carbons (Fsp3) is 0.381. The molecular weight excluding hydrogens is 296 g/mol. The summed E-state index contributed by atoms with van der Waals surface area (Å²) in [6.45, 7) is 7.94. The summed E-state index contributed by atoms with van der Waals surface area (Å²) in [6.07, 6.45) is 0.495. The molecule has 0 aliphatic carbocycles. The molecule has 2 rings (SSSR count). The summed E-state index contributed by atoms with van der Waals surface area (Å²) in [4.78, 5) is 14.5. The van der Waals surface area contributed by atoms with E-state index in [2.05, 4.69) is 42.3 Å². The number of para-hydroxylation sites is 1. The number of hydrogen-bond donors (Lipinski definition) is 1. The van der Waals surface area contributed by atoms with Crippen LogP contribution in [0, 0.1) is 6.92 Å². The van der Waals surface area contributed by atoms with Gasteiger partial charge in [0.15, 0.2) is 0 Å². The molecule has 24 heavy (non-hydrogen) atoms. The molecule has 3 nitrogen and oxygen atoms in total. The number of nitrogens with one attached hydrogen (secondary N) is 1. The van der Waals surface area contributed by atoms with E-state index in [0.717, 1.165) is 24.3 Å². The van der Waals surface area contributed by atoms with E-state index >= 15 is 0 Å². The minimum absolute atomic E-state index is 0.0751. The maximum Gasteiger partial charge on any atom is 0.225 e. The summed E-state index contributed by atoms with van der Waals surface area (Å²) in [6, 6.07) is 16.5. The molecule has 0 aliphatic heterocycles. The van der Waals surface area contributed by atoms with E-state index in [-0.39, 0.29) is 5.91 Å². The van der Waals surface area contributed by atoms with Crippen molar-refractivity contribution in [2.75, 3.05) is 18.9 Å². The number of anilines is 1. The van der Waals surface area contributed by atoms with Crippen LogP contribution in [0.2, 0.25) is 0 Å². The zero-order valence-corrected chi connectivity index (χ0v) is 15.2. The van der Waals surface area contributed by atoms with Gasteiger partial charge in [-0.25, -0.2) is 0 Å². The Kier molecular flexibility index (Phi) is 6.56. The Morgan fingerprint density at radius 2 is 1.79 bits per heavy atom. The molecule has 1 N–H and O–H groups in total. The van der Waals surface area contributed by atoms with Crippen molar-refractivity contribution < 1.29 is 4.79 Å². The summed E-state index contributed by atoms with van der Waals surface area (Å²) >= 11 is 0. The molecule has 0 radical (unpaired) electrons. The minimum Gasteiger partial charge on any atom is -0.326 e. The second-order valence-corrected chi connectivity index (χ2v) is 6.72. The van der Waals surface area contributed by atoms with E-state index in [1.54, 1.807) is 0 Å². The van der Waals surface area contributed by atoms with Crippen LogP contribution in [0.15, 0.2) is 48.5 Å². The van der Waals surface area contributed by atoms with Gasteiger partial charge in [0.05, 0.1) is 0 Å². The molecule has 2 aromatic carbocycles. The van der Waals surface area contributed by atoms with Gasteiger partial charge in [-0.3, -0.25) is 4.79 Å². The first-order valence-electron chi connectivity index (χ1n) is 8.59. The summed E-state index contributed by atoms with van der Waals surface area (Å²) in [5.74, 6) is 0.465. The lowest BCUT2D eigenvalue weighted by Crippen LogP contribution is -2.24. The molecule has 0 saturated heterocycles. The van der Waals surface area contributed by atoms with Gasteiger partial charge in [0.2, 0.25) is 5.91 Å². The Labute approximate surface area is 145 Å². The quantitative estimate of drug-likeness (QED) is 0.808. The number of benzene rings is 2. The molecule has 0 unspecified atom stereocenters. The Morgan fingerprint density at radius 1 is 1.08 bits per heavy atom. The summed E-state index contributed by atoms with van der Waals surface area (Å²) in [5, 5.41) is 3.11. The first-order chi connectivity index (χ1) is 11.5. The highest BCUT2D eigenvalue weighted by Crippen LogP contribution is 2.27. The van der Waals surface area contributed by atoms with E-state index in [1.807, 2.05) is 44.3 Å². The van der Waals surface area contributed by atoms with Crippen LogP contribution in [0.1, 0.15) is 42.9 Å². The van der Waals surface area contributed by atoms with Crippen LogP contribution in [0.25, 0.3) is 0 Å². The molecule has 128 valence electrons. The molecule has 0 heterocycles. The Bertz CT molecular complexity index is 665. The van der Waals surface area contributed by atoms with Crippen molar-refractivity contribution in [2.45, 2.75) is 39.7 Å². The van der Waals surface area contributed by atoms with E-state index in [4.69, 9.17) is 0 Å². The zero-order chi connectivity index (χ0) is 17.5.